The van der Waals surface area contributed by atoms with Gasteiger partial charge in [0.25, 0.3) is 0 Å². The van der Waals surface area contributed by atoms with Gasteiger partial charge in [0.2, 0.25) is 5.91 Å². The standard InChI is InChI=1S/C24H31F3N2O3/c25-24(26,27)18-3-1-2-17(14-18)16-32-28-20-8-12-29(13-9-20)22(31)5-4-19-15-23(19)10-6-21(30)7-11-23/h1-3,14,19,21,30H,4-13,15-16H2. The molecule has 3 fully saturated rings. The highest BCUT2D eigenvalue weighted by atomic mass is 19.4. The molecule has 1 saturated heterocycles. The van der Waals surface area contributed by atoms with Crippen LogP contribution in [0.4, 0.5) is 13.2 Å². The number of halogens is 3. The van der Waals surface area contributed by atoms with Crippen molar-refractivity contribution < 1.29 is 27.9 Å². The molecule has 1 spiro atoms. The van der Waals surface area contributed by atoms with Crippen molar-refractivity contribution in [2.75, 3.05) is 13.1 Å². The van der Waals surface area contributed by atoms with Crippen LogP contribution in [0.5, 0.6) is 0 Å². The predicted molar refractivity (Wildman–Crippen MR) is 114 cm³/mol. The molecule has 0 aromatic heterocycles. The zero-order valence-corrected chi connectivity index (χ0v) is 18.2. The van der Waals surface area contributed by atoms with Crippen LogP contribution >= 0.6 is 0 Å². The average Bonchev–Trinajstić information content (AvgIpc) is 3.46. The number of piperidine rings is 1. The Labute approximate surface area is 186 Å². The molecule has 1 heterocycles. The lowest BCUT2D eigenvalue weighted by Crippen LogP contribution is -2.38. The van der Waals surface area contributed by atoms with Crippen LogP contribution in [0.1, 0.15) is 68.9 Å². The number of alkyl halides is 3. The number of oxime groups is 1. The molecule has 8 heteroatoms. The second kappa shape index (κ2) is 9.41. The summed E-state index contributed by atoms with van der Waals surface area (Å²) in [6, 6.07) is 5.04. The fourth-order valence-electron chi connectivity index (χ4n) is 5.23. The highest BCUT2D eigenvalue weighted by Gasteiger charge is 2.54. The van der Waals surface area contributed by atoms with Crippen LogP contribution in [0.25, 0.3) is 0 Å². The lowest BCUT2D eigenvalue weighted by molar-refractivity contribution is -0.137. The quantitative estimate of drug-likeness (QED) is 0.623. The van der Waals surface area contributed by atoms with E-state index < -0.39 is 11.7 Å². The summed E-state index contributed by atoms with van der Waals surface area (Å²) >= 11 is 0. The van der Waals surface area contributed by atoms with E-state index in [9.17, 15) is 23.1 Å². The van der Waals surface area contributed by atoms with Gasteiger partial charge in [0.05, 0.1) is 17.4 Å². The molecule has 0 bridgehead atoms. The Morgan fingerprint density at radius 2 is 1.94 bits per heavy atom. The number of benzene rings is 1. The summed E-state index contributed by atoms with van der Waals surface area (Å²) in [5, 5.41) is 13.8. The van der Waals surface area contributed by atoms with Crippen LogP contribution in [0.3, 0.4) is 0 Å². The Hall–Kier alpha value is -2.09. The van der Waals surface area contributed by atoms with Crippen molar-refractivity contribution in [3.63, 3.8) is 0 Å². The number of carbonyl (C=O) groups is 1. The zero-order valence-electron chi connectivity index (χ0n) is 18.2. The summed E-state index contributed by atoms with van der Waals surface area (Å²) in [5.41, 5.74) is 0.958. The summed E-state index contributed by atoms with van der Waals surface area (Å²) in [6.45, 7) is 1.19. The van der Waals surface area contributed by atoms with Gasteiger partial charge in [-0.15, -0.1) is 0 Å². The van der Waals surface area contributed by atoms with Gasteiger partial charge in [0.15, 0.2) is 0 Å². The first-order valence-electron chi connectivity index (χ1n) is 11.5. The fourth-order valence-corrected chi connectivity index (χ4v) is 5.23. The number of aliphatic hydroxyl groups is 1. The normalized spacial score (nSPS) is 28.0. The van der Waals surface area contributed by atoms with Crippen LogP contribution in [-0.2, 0) is 22.4 Å². The van der Waals surface area contributed by atoms with Crippen molar-refractivity contribution in [1.29, 1.82) is 0 Å². The van der Waals surface area contributed by atoms with E-state index in [1.54, 1.807) is 6.07 Å². The Morgan fingerprint density at radius 3 is 2.62 bits per heavy atom. The lowest BCUT2D eigenvalue weighted by atomic mass is 9.82. The van der Waals surface area contributed by atoms with Gasteiger partial charge in [0.1, 0.15) is 6.61 Å². The molecule has 176 valence electrons. The van der Waals surface area contributed by atoms with Crippen LogP contribution in [0.15, 0.2) is 29.4 Å². The van der Waals surface area contributed by atoms with Crippen LogP contribution in [0, 0.1) is 11.3 Å². The first-order chi connectivity index (χ1) is 15.2. The minimum absolute atomic E-state index is 0.0176. The van der Waals surface area contributed by atoms with E-state index in [1.807, 2.05) is 4.90 Å². The third-order valence-corrected chi connectivity index (χ3v) is 7.39. The summed E-state index contributed by atoms with van der Waals surface area (Å²) in [5.74, 6) is 0.817. The van der Waals surface area contributed by atoms with E-state index in [-0.39, 0.29) is 18.6 Å². The van der Waals surface area contributed by atoms with Crippen LogP contribution in [0.2, 0.25) is 0 Å². The molecular weight excluding hydrogens is 421 g/mol. The number of likely N-dealkylation sites (tertiary alicyclic amines) is 1. The van der Waals surface area contributed by atoms with Gasteiger partial charge in [-0.3, -0.25) is 4.79 Å². The fraction of sp³-hybridized carbons (Fsp3) is 0.667. The Kier molecular flexibility index (Phi) is 6.79. The first-order valence-corrected chi connectivity index (χ1v) is 11.5. The van der Waals surface area contributed by atoms with Gasteiger partial charge in [-0.1, -0.05) is 17.3 Å². The Morgan fingerprint density at radius 1 is 1.22 bits per heavy atom. The number of nitrogens with zero attached hydrogens (tertiary/aromatic N) is 2. The molecule has 1 aromatic carbocycles. The molecule has 2 aliphatic carbocycles. The number of carbonyl (C=O) groups excluding carboxylic acids is 1. The van der Waals surface area contributed by atoms with E-state index in [0.29, 0.717) is 49.2 Å². The molecule has 32 heavy (non-hydrogen) atoms. The predicted octanol–water partition coefficient (Wildman–Crippen LogP) is 4.92. The second-order valence-electron chi connectivity index (χ2n) is 9.54. The highest BCUT2D eigenvalue weighted by molar-refractivity contribution is 5.87. The molecular formula is C24H31F3N2O3. The summed E-state index contributed by atoms with van der Waals surface area (Å²) in [7, 11) is 0. The summed E-state index contributed by atoms with van der Waals surface area (Å²) < 4.78 is 38.3. The second-order valence-corrected chi connectivity index (χ2v) is 9.54. The molecule has 1 aliphatic heterocycles. The topological polar surface area (TPSA) is 62.1 Å². The van der Waals surface area contributed by atoms with E-state index in [0.717, 1.165) is 49.9 Å². The van der Waals surface area contributed by atoms with Gasteiger partial charge in [0, 0.05) is 32.4 Å². The van der Waals surface area contributed by atoms with Gasteiger partial charge in [-0.05, 0) is 67.6 Å². The van der Waals surface area contributed by atoms with Crippen molar-refractivity contribution in [3.05, 3.63) is 35.4 Å². The number of amides is 1. The maximum Gasteiger partial charge on any atom is 0.416 e. The zero-order chi connectivity index (χ0) is 22.8. The highest BCUT2D eigenvalue weighted by Crippen LogP contribution is 2.63. The molecule has 1 atom stereocenters. The largest absolute Gasteiger partial charge is 0.416 e. The number of hydrogen-bond acceptors (Lipinski definition) is 4. The molecule has 1 amide bonds. The van der Waals surface area contributed by atoms with Crippen molar-refractivity contribution in [2.24, 2.45) is 16.5 Å². The van der Waals surface area contributed by atoms with Gasteiger partial charge >= 0.3 is 6.18 Å². The number of rotatable bonds is 6. The molecule has 1 N–H and O–H groups in total. The van der Waals surface area contributed by atoms with Gasteiger partial charge in [-0.2, -0.15) is 13.2 Å². The lowest BCUT2D eigenvalue weighted by Gasteiger charge is -2.28. The Bertz CT molecular complexity index is 837. The minimum Gasteiger partial charge on any atom is -0.393 e. The Balaban J connectivity index is 1.16. The molecule has 0 radical (unpaired) electrons. The van der Waals surface area contributed by atoms with Gasteiger partial charge in [-0.25, -0.2) is 0 Å². The number of aliphatic hydroxyl groups excluding tert-OH is 1. The molecule has 1 unspecified atom stereocenters. The summed E-state index contributed by atoms with van der Waals surface area (Å²) in [6.07, 6.45) is 3.44. The maximum absolute atomic E-state index is 12.8. The monoisotopic (exact) mass is 452 g/mol. The molecule has 3 aliphatic rings. The van der Waals surface area contributed by atoms with E-state index in [1.165, 1.54) is 12.5 Å². The SMILES string of the molecule is O=C(CCC1CC12CCC(O)CC2)N1CCC(=NOCc2cccc(C(F)(F)F)c2)CC1. The van der Waals surface area contributed by atoms with Crippen LogP contribution in [-0.4, -0.2) is 40.8 Å². The van der Waals surface area contributed by atoms with E-state index in [2.05, 4.69) is 5.16 Å². The van der Waals surface area contributed by atoms with Crippen molar-refractivity contribution in [1.82, 2.24) is 4.90 Å². The van der Waals surface area contributed by atoms with Crippen LogP contribution < -0.4 is 0 Å². The van der Waals surface area contributed by atoms with E-state index >= 15 is 0 Å². The first kappa shape index (κ1) is 23.1. The maximum atomic E-state index is 12.8. The van der Waals surface area contributed by atoms with Crippen molar-refractivity contribution >= 4 is 11.6 Å². The molecule has 1 aromatic rings. The average molecular weight is 453 g/mol. The molecule has 5 nitrogen and oxygen atoms in total. The van der Waals surface area contributed by atoms with Gasteiger partial charge < -0.3 is 14.8 Å². The van der Waals surface area contributed by atoms with Crippen molar-refractivity contribution in [2.45, 2.75) is 76.7 Å². The minimum atomic E-state index is -4.37. The molecule has 4 rings (SSSR count). The number of hydrogen-bond donors (Lipinski definition) is 1. The third-order valence-electron chi connectivity index (χ3n) is 7.39. The van der Waals surface area contributed by atoms with Crippen molar-refractivity contribution in [3.8, 4) is 0 Å². The van der Waals surface area contributed by atoms with E-state index in [4.69, 9.17) is 4.84 Å². The smallest absolute Gasteiger partial charge is 0.393 e. The molecule has 2 saturated carbocycles. The third kappa shape index (κ3) is 5.63. The summed E-state index contributed by atoms with van der Waals surface area (Å²) in [4.78, 5) is 19.8.